The summed E-state index contributed by atoms with van der Waals surface area (Å²) in [6, 6.07) is 32.2. The fraction of sp³-hybridized carbons (Fsp3) is 0. The first-order chi connectivity index (χ1) is 16.2. The van der Waals surface area contributed by atoms with Gasteiger partial charge in [-0.15, -0.1) is 0 Å². The van der Waals surface area contributed by atoms with Crippen LogP contribution in [0.1, 0.15) is 25.2 Å². The van der Waals surface area contributed by atoms with Crippen molar-refractivity contribution in [3.63, 3.8) is 0 Å². The van der Waals surface area contributed by atoms with Crippen molar-refractivity contribution in [2.24, 2.45) is 0 Å². The van der Waals surface area contributed by atoms with Gasteiger partial charge in [-0.25, -0.2) is 0 Å². The molecule has 2 aromatic heterocycles. The zero-order valence-corrected chi connectivity index (χ0v) is 19.9. The van der Waals surface area contributed by atoms with E-state index >= 15 is 0 Å². The van der Waals surface area contributed by atoms with E-state index in [-0.39, 0.29) is 31.6 Å². The minimum absolute atomic E-state index is 0.0473. The van der Waals surface area contributed by atoms with E-state index in [1.165, 1.54) is 14.6 Å². The van der Waals surface area contributed by atoms with Crippen molar-refractivity contribution in [1.29, 1.82) is 0 Å². The van der Waals surface area contributed by atoms with Gasteiger partial charge in [-0.05, 0) is 0 Å². The van der Waals surface area contributed by atoms with Gasteiger partial charge in [-0.1, -0.05) is 0 Å². The van der Waals surface area contributed by atoms with E-state index in [2.05, 4.69) is 53.4 Å². The van der Waals surface area contributed by atoms with Crippen LogP contribution in [0.2, 0.25) is 0 Å². The Kier molecular flexibility index (Phi) is 4.96. The topological polar surface area (TPSA) is 37.4 Å². The van der Waals surface area contributed by atoms with E-state index in [1.807, 2.05) is 24.3 Å². The van der Waals surface area contributed by atoms with E-state index in [1.54, 1.807) is 41.7 Å². The molecule has 158 valence electrons. The molecule has 0 unspecified atom stereocenters. The average molecular weight is 510 g/mol. The second-order valence-electron chi connectivity index (χ2n) is 7.73. The molecule has 0 saturated heterocycles. The van der Waals surface area contributed by atoms with Gasteiger partial charge in [-0.3, -0.25) is 0 Å². The quantitative estimate of drug-likeness (QED) is 0.150. The van der Waals surface area contributed by atoms with Crippen LogP contribution in [0, 0.1) is 0 Å². The Morgan fingerprint density at radius 1 is 0.727 bits per heavy atom. The Morgan fingerprint density at radius 2 is 1.39 bits per heavy atom. The van der Waals surface area contributed by atoms with Gasteiger partial charge in [0.1, 0.15) is 0 Å². The molecule has 0 N–H and O–H groups in total. The van der Waals surface area contributed by atoms with Crippen LogP contribution in [-0.4, -0.2) is 26.1 Å². The standard InChI is InChI=1S/C28H17NO2SSe/c30-27-21-11-5-6-12-22(21)28(31)23(27)17-20-14-15-26(33-20)29(19-9-2-1-3-10-19)25-16-18-8-4-7-13-24(18)32-25/h1-17H. The van der Waals surface area contributed by atoms with Crippen LogP contribution in [0.4, 0.5) is 15.2 Å². The molecular weight excluding hydrogens is 493 g/mol. The van der Waals surface area contributed by atoms with Crippen LogP contribution in [0.5, 0.6) is 0 Å². The number of hydrogen-bond acceptors (Lipinski definition) is 4. The monoisotopic (exact) mass is 511 g/mol. The van der Waals surface area contributed by atoms with Crippen molar-refractivity contribution >= 4 is 68.8 Å². The molecule has 0 fully saturated rings. The van der Waals surface area contributed by atoms with Gasteiger partial charge in [0.15, 0.2) is 0 Å². The Balaban J connectivity index is 1.42. The van der Waals surface area contributed by atoms with Gasteiger partial charge in [0.2, 0.25) is 0 Å². The summed E-state index contributed by atoms with van der Waals surface area (Å²) in [6.07, 6.45) is 1.79. The Hall–Kier alpha value is -3.50. The van der Waals surface area contributed by atoms with E-state index in [0.717, 1.165) is 15.1 Å². The van der Waals surface area contributed by atoms with E-state index in [4.69, 9.17) is 0 Å². The van der Waals surface area contributed by atoms with Crippen molar-refractivity contribution in [3.05, 3.63) is 118 Å². The van der Waals surface area contributed by atoms with Gasteiger partial charge >= 0.3 is 202 Å². The summed E-state index contributed by atoms with van der Waals surface area (Å²) in [5.41, 5.74) is 2.38. The molecule has 0 amide bonds. The molecule has 0 aliphatic heterocycles. The molecular formula is C28H17NO2SSe. The number of hydrogen-bond donors (Lipinski definition) is 0. The van der Waals surface area contributed by atoms with Gasteiger partial charge in [0.25, 0.3) is 0 Å². The van der Waals surface area contributed by atoms with Crippen molar-refractivity contribution in [2.45, 2.75) is 0 Å². The van der Waals surface area contributed by atoms with E-state index in [9.17, 15) is 9.59 Å². The molecule has 5 aromatic rings. The summed E-state index contributed by atoms with van der Waals surface area (Å²) in [6.45, 7) is 0. The van der Waals surface area contributed by atoms with Gasteiger partial charge in [0, 0.05) is 0 Å². The first-order valence-corrected chi connectivity index (χ1v) is 13.1. The second kappa shape index (κ2) is 8.13. The molecule has 3 aromatic carbocycles. The van der Waals surface area contributed by atoms with Crippen LogP contribution in [0.15, 0.2) is 103 Å². The summed E-state index contributed by atoms with van der Waals surface area (Å²) >= 11 is 1.71. The van der Waals surface area contributed by atoms with Crippen molar-refractivity contribution in [3.8, 4) is 0 Å². The number of allylic oxidation sites excluding steroid dienone is 1. The molecule has 1 aliphatic rings. The zero-order chi connectivity index (χ0) is 22.4. The Morgan fingerprint density at radius 3 is 2.12 bits per heavy atom. The average Bonchev–Trinajstić information content (AvgIpc) is 3.54. The summed E-state index contributed by atoms with van der Waals surface area (Å²) in [5.74, 6) is -0.352. The normalized spacial score (nSPS) is 12.9. The van der Waals surface area contributed by atoms with Gasteiger partial charge in [-0.2, -0.15) is 0 Å². The molecule has 1 aliphatic carbocycles. The molecule has 0 spiro atoms. The van der Waals surface area contributed by atoms with E-state index < -0.39 is 0 Å². The third-order valence-electron chi connectivity index (χ3n) is 5.67. The Bertz CT molecular complexity index is 1490. The molecule has 3 nitrogen and oxygen atoms in total. The molecule has 5 heteroatoms. The first-order valence-electron chi connectivity index (χ1n) is 10.5. The summed E-state index contributed by atoms with van der Waals surface area (Å²) in [5, 5.41) is 2.37. The molecule has 6 rings (SSSR count). The van der Waals surface area contributed by atoms with Crippen molar-refractivity contribution in [1.82, 2.24) is 0 Å². The van der Waals surface area contributed by atoms with Crippen LogP contribution in [0.3, 0.4) is 0 Å². The minimum atomic E-state index is -0.176. The molecule has 2 heterocycles. The van der Waals surface area contributed by atoms with Crippen LogP contribution in [0.25, 0.3) is 16.2 Å². The number of nitrogens with zero attached hydrogens (tertiary/aromatic N) is 1. The second-order valence-corrected chi connectivity index (χ2v) is 11.1. The number of benzene rings is 3. The molecule has 0 atom stereocenters. The number of ketones is 2. The summed E-state index contributed by atoms with van der Waals surface area (Å²) in [7, 11) is 0. The number of fused-ring (bicyclic) bond motifs is 2. The van der Waals surface area contributed by atoms with Crippen molar-refractivity contribution < 1.29 is 9.59 Å². The van der Waals surface area contributed by atoms with Crippen LogP contribution >= 0.6 is 11.3 Å². The van der Waals surface area contributed by atoms with Crippen LogP contribution < -0.4 is 4.90 Å². The number of thiophene rings is 1. The molecule has 0 radical (unpaired) electrons. The summed E-state index contributed by atoms with van der Waals surface area (Å²) in [4.78, 5) is 27.9. The third kappa shape index (κ3) is 3.51. The number of Topliss-reactive ketones (excluding diaryl/α,β-unsaturated/α-hetero) is 2. The van der Waals surface area contributed by atoms with Crippen LogP contribution in [-0.2, 0) is 0 Å². The number of para-hydroxylation sites is 1. The number of anilines is 3. The molecule has 33 heavy (non-hydrogen) atoms. The fourth-order valence-corrected chi connectivity index (χ4v) is 7.40. The van der Waals surface area contributed by atoms with Gasteiger partial charge < -0.3 is 0 Å². The third-order valence-corrected chi connectivity index (χ3v) is 8.91. The number of carbonyl (C=O) groups is 2. The van der Waals surface area contributed by atoms with Gasteiger partial charge in [0.05, 0.1) is 0 Å². The predicted molar refractivity (Wildman–Crippen MR) is 137 cm³/mol. The predicted octanol–water partition coefficient (Wildman–Crippen LogP) is 6.89. The Labute approximate surface area is 201 Å². The summed E-state index contributed by atoms with van der Waals surface area (Å²) < 4.78 is 3.43. The zero-order valence-electron chi connectivity index (χ0n) is 17.4. The van der Waals surface area contributed by atoms with Crippen molar-refractivity contribution in [2.75, 3.05) is 4.90 Å². The fourth-order valence-electron chi connectivity index (χ4n) is 4.10. The first kappa shape index (κ1) is 20.1. The maximum absolute atomic E-state index is 12.8. The van der Waals surface area contributed by atoms with E-state index in [0.29, 0.717) is 11.1 Å². The number of rotatable bonds is 4. The molecule has 0 bridgehead atoms. The maximum atomic E-state index is 12.8. The SMILES string of the molecule is O=C1C(=Cc2ccc(N(c3ccccc3)c3cc4ccccc4s3)[se]2)C(=O)c2ccccc21. The number of carbonyl (C=O) groups excluding carboxylic acids is 2. The molecule has 0 saturated carbocycles.